The van der Waals surface area contributed by atoms with Crippen molar-refractivity contribution in [1.29, 1.82) is 0 Å². The zero-order valence-corrected chi connectivity index (χ0v) is 9.16. The summed E-state index contributed by atoms with van der Waals surface area (Å²) in [5.41, 5.74) is 0. The topological polar surface area (TPSA) is 49.8 Å². The second-order valence-electron chi connectivity index (χ2n) is 3.34. The second kappa shape index (κ2) is 8.97. The Balaban J connectivity index is 3.44. The lowest BCUT2D eigenvalue weighted by Gasteiger charge is -2.16. The maximum Gasteiger partial charge on any atom is 0.222 e. The molecule has 0 aliphatic rings. The van der Waals surface area contributed by atoms with Gasteiger partial charge in [0.25, 0.3) is 0 Å². The van der Waals surface area contributed by atoms with Crippen molar-refractivity contribution in [2.75, 3.05) is 33.9 Å². The molecule has 0 aromatic rings. The molecule has 0 saturated heterocycles. The molecule has 0 aliphatic heterocycles. The highest BCUT2D eigenvalue weighted by atomic mass is 16.5. The molecule has 0 rings (SSSR count). The lowest BCUT2D eigenvalue weighted by molar-refractivity contribution is -0.130. The smallest absolute Gasteiger partial charge is 0.222 e. The number of aliphatic hydroxyl groups is 1. The summed E-state index contributed by atoms with van der Waals surface area (Å²) in [5.74, 6) is 0.148. The summed E-state index contributed by atoms with van der Waals surface area (Å²) in [5, 5.41) is 8.55. The predicted octanol–water partition coefficient (Wildman–Crippen LogP) is 0.644. The van der Waals surface area contributed by atoms with Crippen molar-refractivity contribution >= 4 is 5.91 Å². The maximum atomic E-state index is 11.4. The first-order chi connectivity index (χ1) is 6.72. The lowest BCUT2D eigenvalue weighted by Crippen LogP contribution is -2.28. The molecule has 0 unspecified atom stereocenters. The van der Waals surface area contributed by atoms with Crippen LogP contribution in [0.15, 0.2) is 0 Å². The van der Waals surface area contributed by atoms with Crippen molar-refractivity contribution < 1.29 is 14.6 Å². The first kappa shape index (κ1) is 13.4. The predicted molar refractivity (Wildman–Crippen MR) is 55.1 cm³/mol. The van der Waals surface area contributed by atoms with Gasteiger partial charge >= 0.3 is 0 Å². The average Bonchev–Trinajstić information content (AvgIpc) is 2.18. The highest BCUT2D eigenvalue weighted by molar-refractivity contribution is 5.75. The van der Waals surface area contributed by atoms with Crippen LogP contribution < -0.4 is 0 Å². The third-order valence-electron chi connectivity index (χ3n) is 2.07. The molecular weight excluding hydrogens is 182 g/mol. The van der Waals surface area contributed by atoms with E-state index >= 15 is 0 Å². The minimum Gasteiger partial charge on any atom is -0.396 e. The van der Waals surface area contributed by atoms with Crippen LogP contribution in [0.5, 0.6) is 0 Å². The average molecular weight is 203 g/mol. The number of nitrogens with zero attached hydrogens (tertiary/aromatic N) is 1. The van der Waals surface area contributed by atoms with Crippen molar-refractivity contribution in [1.82, 2.24) is 4.90 Å². The van der Waals surface area contributed by atoms with Crippen LogP contribution in [0.25, 0.3) is 0 Å². The van der Waals surface area contributed by atoms with Crippen LogP contribution in [0.3, 0.4) is 0 Å². The standard InChI is InChI=1S/C10H21NO3/c1-11(7-5-9-14-2)10(13)6-3-4-8-12/h12H,3-9H2,1-2H3. The molecule has 0 fully saturated rings. The van der Waals surface area contributed by atoms with Gasteiger partial charge in [-0.2, -0.15) is 0 Å². The quantitative estimate of drug-likeness (QED) is 0.589. The minimum atomic E-state index is 0.148. The third kappa shape index (κ3) is 6.86. The van der Waals surface area contributed by atoms with Gasteiger partial charge in [0.2, 0.25) is 5.91 Å². The van der Waals surface area contributed by atoms with Gasteiger partial charge in [-0.25, -0.2) is 0 Å². The van der Waals surface area contributed by atoms with Gasteiger partial charge in [-0.3, -0.25) is 4.79 Å². The number of ether oxygens (including phenoxy) is 1. The molecule has 84 valence electrons. The molecule has 0 atom stereocenters. The van der Waals surface area contributed by atoms with E-state index in [1.165, 1.54) is 0 Å². The fourth-order valence-electron chi connectivity index (χ4n) is 1.15. The number of carbonyl (C=O) groups excluding carboxylic acids is 1. The van der Waals surface area contributed by atoms with Gasteiger partial charge in [0.1, 0.15) is 0 Å². The van der Waals surface area contributed by atoms with E-state index in [4.69, 9.17) is 9.84 Å². The Hall–Kier alpha value is -0.610. The van der Waals surface area contributed by atoms with E-state index < -0.39 is 0 Å². The van der Waals surface area contributed by atoms with E-state index in [0.29, 0.717) is 19.4 Å². The Bertz CT molecular complexity index is 150. The van der Waals surface area contributed by atoms with Crippen LogP contribution in [0.4, 0.5) is 0 Å². The molecule has 0 aromatic carbocycles. The normalized spacial score (nSPS) is 10.2. The molecule has 0 bridgehead atoms. The molecule has 14 heavy (non-hydrogen) atoms. The first-order valence-electron chi connectivity index (χ1n) is 5.06. The van der Waals surface area contributed by atoms with Crippen molar-refractivity contribution in [2.45, 2.75) is 25.7 Å². The summed E-state index contributed by atoms with van der Waals surface area (Å²) in [7, 11) is 3.46. The molecule has 4 nitrogen and oxygen atoms in total. The van der Waals surface area contributed by atoms with E-state index in [0.717, 1.165) is 19.4 Å². The second-order valence-corrected chi connectivity index (χ2v) is 3.34. The maximum absolute atomic E-state index is 11.4. The summed E-state index contributed by atoms with van der Waals surface area (Å²) in [6.45, 7) is 1.60. The van der Waals surface area contributed by atoms with Gasteiger partial charge < -0.3 is 14.7 Å². The Kier molecular flexibility index (Phi) is 8.57. The van der Waals surface area contributed by atoms with Crippen LogP contribution in [-0.2, 0) is 9.53 Å². The number of aliphatic hydroxyl groups excluding tert-OH is 1. The summed E-state index contributed by atoms with van der Waals surface area (Å²) in [6.07, 6.45) is 2.88. The first-order valence-corrected chi connectivity index (χ1v) is 5.06. The van der Waals surface area contributed by atoms with Crippen molar-refractivity contribution in [3.63, 3.8) is 0 Å². The number of rotatable bonds is 8. The number of carbonyl (C=O) groups is 1. The monoisotopic (exact) mass is 203 g/mol. The van der Waals surface area contributed by atoms with E-state index in [-0.39, 0.29) is 12.5 Å². The van der Waals surface area contributed by atoms with Gasteiger partial charge in [-0.1, -0.05) is 0 Å². The highest BCUT2D eigenvalue weighted by Crippen LogP contribution is 1.99. The zero-order valence-electron chi connectivity index (χ0n) is 9.16. The van der Waals surface area contributed by atoms with Gasteiger partial charge in [0, 0.05) is 40.3 Å². The van der Waals surface area contributed by atoms with Gasteiger partial charge in [0.05, 0.1) is 0 Å². The molecule has 0 radical (unpaired) electrons. The fourth-order valence-corrected chi connectivity index (χ4v) is 1.15. The Labute approximate surface area is 85.9 Å². The van der Waals surface area contributed by atoms with Crippen LogP contribution in [-0.4, -0.2) is 49.8 Å². The van der Waals surface area contributed by atoms with Gasteiger partial charge in [-0.15, -0.1) is 0 Å². The SMILES string of the molecule is COCCCN(C)C(=O)CCCCO. The Morgan fingerprint density at radius 2 is 2.07 bits per heavy atom. The van der Waals surface area contributed by atoms with Crippen LogP contribution in [0.2, 0.25) is 0 Å². The fraction of sp³-hybridized carbons (Fsp3) is 0.900. The summed E-state index contributed by atoms with van der Waals surface area (Å²) in [6, 6.07) is 0. The summed E-state index contributed by atoms with van der Waals surface area (Å²) >= 11 is 0. The van der Waals surface area contributed by atoms with E-state index in [1.807, 2.05) is 0 Å². The largest absolute Gasteiger partial charge is 0.396 e. The Morgan fingerprint density at radius 1 is 1.36 bits per heavy atom. The number of unbranched alkanes of at least 4 members (excludes halogenated alkanes) is 1. The number of methoxy groups -OCH3 is 1. The molecule has 0 heterocycles. The number of amides is 1. The minimum absolute atomic E-state index is 0.148. The highest BCUT2D eigenvalue weighted by Gasteiger charge is 2.06. The van der Waals surface area contributed by atoms with Crippen LogP contribution in [0, 0.1) is 0 Å². The zero-order chi connectivity index (χ0) is 10.8. The van der Waals surface area contributed by atoms with Crippen molar-refractivity contribution in [3.8, 4) is 0 Å². The summed E-state index contributed by atoms with van der Waals surface area (Å²) in [4.78, 5) is 13.1. The molecule has 0 spiro atoms. The third-order valence-corrected chi connectivity index (χ3v) is 2.07. The van der Waals surface area contributed by atoms with Crippen molar-refractivity contribution in [2.24, 2.45) is 0 Å². The van der Waals surface area contributed by atoms with E-state index in [2.05, 4.69) is 0 Å². The molecule has 0 aromatic heterocycles. The molecule has 1 N–H and O–H groups in total. The molecular formula is C10H21NO3. The van der Waals surface area contributed by atoms with Gasteiger partial charge in [-0.05, 0) is 19.3 Å². The number of hydrogen-bond acceptors (Lipinski definition) is 3. The molecule has 1 amide bonds. The molecule has 0 aliphatic carbocycles. The van der Waals surface area contributed by atoms with E-state index in [9.17, 15) is 4.79 Å². The van der Waals surface area contributed by atoms with Crippen LogP contribution in [0.1, 0.15) is 25.7 Å². The summed E-state index contributed by atoms with van der Waals surface area (Å²) < 4.78 is 4.90. The lowest BCUT2D eigenvalue weighted by atomic mass is 10.2. The van der Waals surface area contributed by atoms with Gasteiger partial charge in [0.15, 0.2) is 0 Å². The Morgan fingerprint density at radius 3 is 2.64 bits per heavy atom. The van der Waals surface area contributed by atoms with E-state index in [1.54, 1.807) is 19.1 Å². The van der Waals surface area contributed by atoms with Crippen molar-refractivity contribution in [3.05, 3.63) is 0 Å². The molecule has 0 saturated carbocycles. The molecule has 4 heteroatoms. The number of hydrogen-bond donors (Lipinski definition) is 1. The van der Waals surface area contributed by atoms with Crippen LogP contribution >= 0.6 is 0 Å².